The van der Waals surface area contributed by atoms with E-state index >= 15 is 0 Å². The average molecular weight is 282 g/mol. The third kappa shape index (κ3) is 5.71. The lowest BCUT2D eigenvalue weighted by Crippen LogP contribution is -2.32. The van der Waals surface area contributed by atoms with E-state index in [-0.39, 0.29) is 0 Å². The predicted octanol–water partition coefficient (Wildman–Crippen LogP) is 5.39. The molecule has 112 valence electrons. The Morgan fingerprint density at radius 1 is 0.667 bits per heavy atom. The lowest BCUT2D eigenvalue weighted by molar-refractivity contribution is -0.697. The van der Waals surface area contributed by atoms with Gasteiger partial charge in [-0.1, -0.05) is 69.4 Å². The van der Waals surface area contributed by atoms with Crippen LogP contribution in [0.2, 0.25) is 0 Å². The molecule has 1 aromatic carbocycles. The second-order valence-electron chi connectivity index (χ2n) is 5.81. The van der Waals surface area contributed by atoms with Gasteiger partial charge in [0, 0.05) is 18.6 Å². The van der Waals surface area contributed by atoms with Gasteiger partial charge in [-0.15, -0.1) is 0 Å². The van der Waals surface area contributed by atoms with Crippen LogP contribution in [0.3, 0.4) is 0 Å². The van der Waals surface area contributed by atoms with Gasteiger partial charge in [0.05, 0.1) is 0 Å². The monoisotopic (exact) mass is 282 g/mol. The third-order valence-corrected chi connectivity index (χ3v) is 4.02. The molecule has 0 saturated carbocycles. The molecule has 0 spiro atoms. The molecule has 2 rings (SSSR count). The summed E-state index contributed by atoms with van der Waals surface area (Å²) in [6.07, 6.45) is 14.0. The highest BCUT2D eigenvalue weighted by atomic mass is 14.9. The Kier molecular flexibility index (Phi) is 7.00. The minimum absolute atomic E-state index is 1.14. The van der Waals surface area contributed by atoms with Crippen molar-refractivity contribution in [2.75, 3.05) is 0 Å². The minimum atomic E-state index is 1.14. The van der Waals surface area contributed by atoms with Gasteiger partial charge in [0.1, 0.15) is 6.54 Å². The first-order chi connectivity index (χ1) is 10.4. The molecule has 21 heavy (non-hydrogen) atoms. The van der Waals surface area contributed by atoms with Crippen LogP contribution in [-0.4, -0.2) is 0 Å². The molecule has 0 N–H and O–H groups in total. The van der Waals surface area contributed by atoms with Crippen LogP contribution in [0, 0.1) is 0 Å². The normalized spacial score (nSPS) is 10.7. The van der Waals surface area contributed by atoms with Crippen LogP contribution in [0.1, 0.15) is 51.9 Å². The first-order valence-electron chi connectivity index (χ1n) is 8.44. The number of aryl methyl sites for hydroxylation is 1. The highest BCUT2D eigenvalue weighted by Gasteiger charge is 2.02. The standard InChI is InChI=1S/C20H28N/c1-2-3-4-5-6-7-11-16-21-17-14-20(15-18-21)19-12-9-8-10-13-19/h8-10,12-15,17-18H,2-7,11,16H2,1H3/q+1. The van der Waals surface area contributed by atoms with Crippen molar-refractivity contribution in [2.45, 2.75) is 58.4 Å². The van der Waals surface area contributed by atoms with Crippen LogP contribution in [0.4, 0.5) is 0 Å². The summed E-state index contributed by atoms with van der Waals surface area (Å²) in [5.41, 5.74) is 2.59. The zero-order chi connectivity index (χ0) is 14.8. The van der Waals surface area contributed by atoms with E-state index in [1.54, 1.807) is 0 Å². The molecule has 0 amide bonds. The number of hydrogen-bond donors (Lipinski definition) is 0. The van der Waals surface area contributed by atoms with Crippen molar-refractivity contribution in [1.29, 1.82) is 0 Å². The van der Waals surface area contributed by atoms with Gasteiger partial charge < -0.3 is 0 Å². The van der Waals surface area contributed by atoms with Crippen LogP contribution in [-0.2, 0) is 6.54 Å². The van der Waals surface area contributed by atoms with Crippen molar-refractivity contribution in [3.63, 3.8) is 0 Å². The fraction of sp³-hybridized carbons (Fsp3) is 0.450. The molecule has 0 aliphatic carbocycles. The van der Waals surface area contributed by atoms with Crippen LogP contribution in [0.15, 0.2) is 54.9 Å². The SMILES string of the molecule is CCCCCCCCC[n+]1ccc(-c2ccccc2)cc1. The molecule has 0 aliphatic heterocycles. The highest BCUT2D eigenvalue weighted by molar-refractivity contribution is 5.61. The van der Waals surface area contributed by atoms with E-state index in [4.69, 9.17) is 0 Å². The zero-order valence-electron chi connectivity index (χ0n) is 13.3. The Labute approximate surface area is 129 Å². The second-order valence-corrected chi connectivity index (χ2v) is 5.81. The van der Waals surface area contributed by atoms with Crippen molar-refractivity contribution >= 4 is 0 Å². The second kappa shape index (κ2) is 9.33. The van der Waals surface area contributed by atoms with E-state index in [0.29, 0.717) is 0 Å². The summed E-state index contributed by atoms with van der Waals surface area (Å²) < 4.78 is 2.30. The molecule has 0 aliphatic rings. The summed E-state index contributed by atoms with van der Waals surface area (Å²) in [6, 6.07) is 15.0. The summed E-state index contributed by atoms with van der Waals surface area (Å²) >= 11 is 0. The Morgan fingerprint density at radius 2 is 1.24 bits per heavy atom. The summed E-state index contributed by atoms with van der Waals surface area (Å²) in [5, 5.41) is 0. The van der Waals surface area contributed by atoms with Gasteiger partial charge in [0.15, 0.2) is 12.4 Å². The molecular weight excluding hydrogens is 254 g/mol. The largest absolute Gasteiger partial charge is 0.205 e. The Hall–Kier alpha value is -1.63. The predicted molar refractivity (Wildman–Crippen MR) is 90.1 cm³/mol. The van der Waals surface area contributed by atoms with E-state index in [0.717, 1.165) is 6.54 Å². The summed E-state index contributed by atoms with van der Waals surface area (Å²) in [4.78, 5) is 0. The lowest BCUT2D eigenvalue weighted by atomic mass is 10.1. The Balaban J connectivity index is 1.71. The van der Waals surface area contributed by atoms with Crippen molar-refractivity contribution in [3.8, 4) is 11.1 Å². The molecule has 1 aromatic heterocycles. The first-order valence-corrected chi connectivity index (χ1v) is 8.44. The van der Waals surface area contributed by atoms with Gasteiger partial charge in [0.2, 0.25) is 0 Å². The smallest absolute Gasteiger partial charge is 0.169 e. The van der Waals surface area contributed by atoms with Crippen molar-refractivity contribution in [1.82, 2.24) is 0 Å². The first kappa shape index (κ1) is 15.8. The Bertz CT molecular complexity index is 487. The van der Waals surface area contributed by atoms with Gasteiger partial charge in [0.25, 0.3) is 0 Å². The lowest BCUT2D eigenvalue weighted by Gasteiger charge is -2.02. The van der Waals surface area contributed by atoms with E-state index in [9.17, 15) is 0 Å². The number of aromatic nitrogens is 1. The quantitative estimate of drug-likeness (QED) is 0.429. The number of nitrogens with zero attached hydrogens (tertiary/aromatic N) is 1. The number of benzene rings is 1. The van der Waals surface area contributed by atoms with Gasteiger partial charge in [-0.3, -0.25) is 0 Å². The average Bonchev–Trinajstić information content (AvgIpc) is 2.55. The molecule has 0 fully saturated rings. The number of rotatable bonds is 9. The topological polar surface area (TPSA) is 3.88 Å². The van der Waals surface area contributed by atoms with Gasteiger partial charge in [-0.2, -0.15) is 0 Å². The number of pyridine rings is 1. The van der Waals surface area contributed by atoms with E-state index in [1.807, 2.05) is 0 Å². The van der Waals surface area contributed by atoms with E-state index in [2.05, 4.69) is 66.3 Å². The van der Waals surface area contributed by atoms with Crippen LogP contribution in [0.25, 0.3) is 11.1 Å². The zero-order valence-corrected chi connectivity index (χ0v) is 13.3. The molecule has 1 heterocycles. The van der Waals surface area contributed by atoms with Crippen LogP contribution in [0.5, 0.6) is 0 Å². The van der Waals surface area contributed by atoms with Gasteiger partial charge in [-0.05, 0) is 17.5 Å². The maximum atomic E-state index is 2.30. The molecule has 0 unspecified atom stereocenters. The molecule has 2 aromatic rings. The molecule has 0 saturated heterocycles. The van der Waals surface area contributed by atoms with Gasteiger partial charge >= 0.3 is 0 Å². The molecular formula is C20H28N+. The number of unbranched alkanes of at least 4 members (excludes halogenated alkanes) is 6. The summed E-state index contributed by atoms with van der Waals surface area (Å²) in [7, 11) is 0. The molecule has 0 atom stereocenters. The van der Waals surface area contributed by atoms with Crippen molar-refractivity contribution in [3.05, 3.63) is 54.9 Å². The maximum Gasteiger partial charge on any atom is 0.169 e. The molecule has 1 heteroatoms. The summed E-state index contributed by atoms with van der Waals surface area (Å²) in [6.45, 7) is 3.42. The Morgan fingerprint density at radius 3 is 1.90 bits per heavy atom. The fourth-order valence-corrected chi connectivity index (χ4v) is 2.68. The fourth-order valence-electron chi connectivity index (χ4n) is 2.68. The highest BCUT2D eigenvalue weighted by Crippen LogP contribution is 2.16. The van der Waals surface area contributed by atoms with Crippen molar-refractivity contribution < 1.29 is 4.57 Å². The van der Waals surface area contributed by atoms with E-state index in [1.165, 1.54) is 56.1 Å². The molecule has 1 nitrogen and oxygen atoms in total. The summed E-state index contributed by atoms with van der Waals surface area (Å²) in [5.74, 6) is 0. The molecule has 0 bridgehead atoms. The van der Waals surface area contributed by atoms with Gasteiger partial charge in [-0.25, -0.2) is 4.57 Å². The third-order valence-electron chi connectivity index (χ3n) is 4.02. The van der Waals surface area contributed by atoms with Crippen LogP contribution < -0.4 is 4.57 Å². The number of hydrogen-bond acceptors (Lipinski definition) is 0. The van der Waals surface area contributed by atoms with Crippen molar-refractivity contribution in [2.24, 2.45) is 0 Å². The molecule has 0 radical (unpaired) electrons. The van der Waals surface area contributed by atoms with E-state index < -0.39 is 0 Å². The minimum Gasteiger partial charge on any atom is -0.205 e. The van der Waals surface area contributed by atoms with Crippen LogP contribution >= 0.6 is 0 Å². The maximum absolute atomic E-state index is 2.30.